The molecule has 1 amide bonds. The van der Waals surface area contributed by atoms with Gasteiger partial charge in [-0.2, -0.15) is 0 Å². The first-order valence-corrected chi connectivity index (χ1v) is 31.7. The van der Waals surface area contributed by atoms with Gasteiger partial charge in [-0.05, 0) is 83.5 Å². The molecule has 0 radical (unpaired) electrons. The predicted octanol–water partition coefficient (Wildman–Crippen LogP) is 20.0. The van der Waals surface area contributed by atoms with E-state index >= 15 is 0 Å². The molecular formula is C65H123NO5. The third kappa shape index (κ3) is 57.2. The van der Waals surface area contributed by atoms with E-state index in [9.17, 15) is 19.8 Å². The molecule has 0 rings (SSSR count). The highest BCUT2D eigenvalue weighted by atomic mass is 16.5. The Hall–Kier alpha value is -1.92. The molecule has 0 aliphatic rings. The van der Waals surface area contributed by atoms with Crippen molar-refractivity contribution in [2.75, 3.05) is 13.2 Å². The summed E-state index contributed by atoms with van der Waals surface area (Å²) in [4.78, 5) is 24.5. The van der Waals surface area contributed by atoms with Crippen molar-refractivity contribution in [3.05, 3.63) is 36.5 Å². The van der Waals surface area contributed by atoms with Crippen LogP contribution in [-0.4, -0.2) is 47.4 Å². The molecule has 2 unspecified atom stereocenters. The summed E-state index contributed by atoms with van der Waals surface area (Å²) in [6.07, 6.45) is 76.1. The topological polar surface area (TPSA) is 95.9 Å². The van der Waals surface area contributed by atoms with Gasteiger partial charge in [0, 0.05) is 12.8 Å². The molecule has 0 heterocycles. The maximum atomic E-state index is 12.4. The number of rotatable bonds is 59. The quantitative estimate of drug-likeness (QED) is 0.0321. The van der Waals surface area contributed by atoms with E-state index in [1.54, 1.807) is 0 Å². The number of allylic oxidation sites excluding steroid dienone is 6. The molecule has 418 valence electrons. The number of esters is 1. The first-order chi connectivity index (χ1) is 35.0. The fraction of sp³-hybridized carbons (Fsp3) is 0.877. The van der Waals surface area contributed by atoms with Crippen molar-refractivity contribution in [3.63, 3.8) is 0 Å². The number of aliphatic hydroxyl groups is 2. The molecule has 0 aromatic heterocycles. The smallest absolute Gasteiger partial charge is 0.305 e. The second kappa shape index (κ2) is 60.6. The van der Waals surface area contributed by atoms with Gasteiger partial charge in [0.25, 0.3) is 0 Å². The van der Waals surface area contributed by atoms with Crippen molar-refractivity contribution in [1.29, 1.82) is 0 Å². The zero-order valence-corrected chi connectivity index (χ0v) is 47.7. The summed E-state index contributed by atoms with van der Waals surface area (Å²) in [6, 6.07) is -0.539. The van der Waals surface area contributed by atoms with Crippen molar-refractivity contribution in [3.8, 4) is 0 Å². The van der Waals surface area contributed by atoms with Crippen LogP contribution in [-0.2, 0) is 14.3 Å². The fourth-order valence-electron chi connectivity index (χ4n) is 9.78. The zero-order valence-electron chi connectivity index (χ0n) is 47.7. The van der Waals surface area contributed by atoms with Crippen LogP contribution in [0.25, 0.3) is 0 Å². The number of unbranched alkanes of at least 4 members (excludes halogenated alkanes) is 42. The molecule has 3 N–H and O–H groups in total. The predicted molar refractivity (Wildman–Crippen MR) is 310 cm³/mol. The van der Waals surface area contributed by atoms with E-state index in [0.717, 1.165) is 51.4 Å². The van der Waals surface area contributed by atoms with Crippen molar-refractivity contribution in [1.82, 2.24) is 5.32 Å². The number of hydrogen-bond acceptors (Lipinski definition) is 5. The van der Waals surface area contributed by atoms with Gasteiger partial charge in [0.15, 0.2) is 0 Å². The van der Waals surface area contributed by atoms with Crippen LogP contribution in [0.5, 0.6) is 0 Å². The minimum Gasteiger partial charge on any atom is -0.466 e. The van der Waals surface area contributed by atoms with Gasteiger partial charge in [0.2, 0.25) is 5.91 Å². The van der Waals surface area contributed by atoms with Crippen molar-refractivity contribution < 1.29 is 24.5 Å². The van der Waals surface area contributed by atoms with Crippen LogP contribution in [0.15, 0.2) is 36.5 Å². The van der Waals surface area contributed by atoms with Crippen molar-refractivity contribution in [2.45, 2.75) is 353 Å². The van der Waals surface area contributed by atoms with Gasteiger partial charge in [-0.1, -0.05) is 281 Å². The Morgan fingerprint density at radius 1 is 0.394 bits per heavy atom. The highest BCUT2D eigenvalue weighted by molar-refractivity contribution is 5.76. The highest BCUT2D eigenvalue weighted by Gasteiger charge is 2.20. The van der Waals surface area contributed by atoms with Crippen molar-refractivity contribution >= 4 is 11.9 Å². The SMILES string of the molecule is CCCCCCC/C=C\CCCCCCCC(=O)OCCCCCCCCCCC/C=C\C/C=C\CCCCCCCCCCCCCCCCCC(=O)NC(CO)C(O)CCCCCCCCCCC. The number of carbonyl (C=O) groups is 2. The summed E-state index contributed by atoms with van der Waals surface area (Å²) in [5.41, 5.74) is 0. The minimum absolute atomic E-state index is 0.00450. The number of aliphatic hydroxyl groups excluding tert-OH is 2. The highest BCUT2D eigenvalue weighted by Crippen LogP contribution is 2.17. The summed E-state index contributed by atoms with van der Waals surface area (Å²) in [5.74, 6) is -0.0316. The number of carbonyl (C=O) groups excluding carboxylic acids is 2. The Morgan fingerprint density at radius 3 is 1.08 bits per heavy atom. The van der Waals surface area contributed by atoms with Gasteiger partial charge < -0.3 is 20.3 Å². The Kier molecular flexibility index (Phi) is 59.0. The second-order valence-corrected chi connectivity index (χ2v) is 21.7. The minimum atomic E-state index is -0.661. The Morgan fingerprint density at radius 2 is 0.704 bits per heavy atom. The van der Waals surface area contributed by atoms with Gasteiger partial charge in [0.05, 0.1) is 25.4 Å². The van der Waals surface area contributed by atoms with E-state index in [1.165, 1.54) is 257 Å². The molecule has 71 heavy (non-hydrogen) atoms. The van der Waals surface area contributed by atoms with Crippen LogP contribution in [0.3, 0.4) is 0 Å². The molecule has 6 heteroatoms. The van der Waals surface area contributed by atoms with E-state index < -0.39 is 12.1 Å². The van der Waals surface area contributed by atoms with Crippen LogP contribution in [0, 0.1) is 0 Å². The van der Waals surface area contributed by atoms with Crippen molar-refractivity contribution in [2.24, 2.45) is 0 Å². The molecule has 6 nitrogen and oxygen atoms in total. The van der Waals surface area contributed by atoms with E-state index in [1.807, 2.05) is 0 Å². The zero-order chi connectivity index (χ0) is 51.4. The maximum absolute atomic E-state index is 12.4. The molecular weight excluding hydrogens is 875 g/mol. The van der Waals surface area contributed by atoms with Crippen LogP contribution in [0.4, 0.5) is 0 Å². The van der Waals surface area contributed by atoms with Crippen LogP contribution in [0.2, 0.25) is 0 Å². The number of nitrogens with one attached hydrogen (secondary N) is 1. The van der Waals surface area contributed by atoms with E-state index in [0.29, 0.717) is 25.9 Å². The molecule has 0 aliphatic heterocycles. The van der Waals surface area contributed by atoms with Crippen LogP contribution < -0.4 is 5.32 Å². The molecule has 2 atom stereocenters. The fourth-order valence-corrected chi connectivity index (χ4v) is 9.78. The average Bonchev–Trinajstić information content (AvgIpc) is 3.37. The maximum Gasteiger partial charge on any atom is 0.305 e. The van der Waals surface area contributed by atoms with E-state index in [4.69, 9.17) is 4.74 Å². The lowest BCUT2D eigenvalue weighted by Crippen LogP contribution is -2.45. The lowest BCUT2D eigenvalue weighted by molar-refractivity contribution is -0.143. The van der Waals surface area contributed by atoms with E-state index in [-0.39, 0.29) is 18.5 Å². The summed E-state index contributed by atoms with van der Waals surface area (Å²) in [7, 11) is 0. The Balaban J connectivity index is 3.37. The van der Waals surface area contributed by atoms with Crippen LogP contribution >= 0.6 is 0 Å². The van der Waals surface area contributed by atoms with Gasteiger partial charge in [-0.3, -0.25) is 9.59 Å². The van der Waals surface area contributed by atoms with E-state index in [2.05, 4.69) is 55.6 Å². The monoisotopic (exact) mass is 998 g/mol. The molecule has 0 fully saturated rings. The molecule has 0 spiro atoms. The molecule has 0 aromatic carbocycles. The average molecular weight is 999 g/mol. The summed E-state index contributed by atoms with van der Waals surface area (Å²) in [5, 5.41) is 23.1. The first-order valence-electron chi connectivity index (χ1n) is 31.7. The number of amides is 1. The van der Waals surface area contributed by atoms with Crippen LogP contribution in [0.1, 0.15) is 341 Å². The second-order valence-electron chi connectivity index (χ2n) is 21.7. The molecule has 0 aliphatic carbocycles. The largest absolute Gasteiger partial charge is 0.466 e. The molecule has 0 bridgehead atoms. The van der Waals surface area contributed by atoms with Gasteiger partial charge >= 0.3 is 5.97 Å². The summed E-state index contributed by atoms with van der Waals surface area (Å²) < 4.78 is 5.48. The lowest BCUT2D eigenvalue weighted by Gasteiger charge is -2.22. The third-order valence-corrected chi connectivity index (χ3v) is 14.7. The van der Waals surface area contributed by atoms with Gasteiger partial charge in [-0.15, -0.1) is 0 Å². The molecule has 0 saturated carbocycles. The third-order valence-electron chi connectivity index (χ3n) is 14.7. The molecule has 0 saturated heterocycles. The normalized spacial score (nSPS) is 12.8. The first kappa shape index (κ1) is 69.1. The summed E-state index contributed by atoms with van der Waals surface area (Å²) in [6.45, 7) is 4.93. The molecule has 0 aromatic rings. The summed E-state index contributed by atoms with van der Waals surface area (Å²) >= 11 is 0. The van der Waals surface area contributed by atoms with Gasteiger partial charge in [0.1, 0.15) is 0 Å². The number of hydrogen-bond donors (Lipinski definition) is 3. The standard InChI is InChI=1S/C65H123NO5/c1-3-5-7-9-11-13-14-15-36-39-43-47-51-55-59-65(70)71-60-56-52-48-44-40-37-34-32-30-28-26-24-22-20-18-16-17-19-21-23-25-27-29-31-33-35-38-42-46-50-54-58-64(69)66-62(61-67)63(68)57-53-49-45-41-12-10-8-6-4-2/h14-15,18,20,24,26,62-63,67-68H,3-13,16-17,19,21-23,25,27-61H2,1-2H3,(H,66,69)/b15-14-,20-18-,26-24-. The van der Waals surface area contributed by atoms with Gasteiger partial charge in [-0.25, -0.2) is 0 Å². The Bertz CT molecular complexity index is 1150. The number of ether oxygens (including phenoxy) is 1. The lowest BCUT2D eigenvalue weighted by atomic mass is 10.0. The Labute approximate surface area is 443 Å².